The van der Waals surface area contributed by atoms with E-state index in [1.807, 2.05) is 18.2 Å². The van der Waals surface area contributed by atoms with E-state index in [9.17, 15) is 13.2 Å². The fraction of sp³-hybridized carbons (Fsp3) is 0.381. The smallest absolute Gasteiger partial charge is 0.251 e. The Morgan fingerprint density at radius 1 is 1.00 bits per heavy atom. The molecule has 0 bridgehead atoms. The van der Waals surface area contributed by atoms with Gasteiger partial charge in [0.15, 0.2) is 0 Å². The number of hydrogen-bond donors (Lipinski definition) is 2. The van der Waals surface area contributed by atoms with Crippen LogP contribution >= 0.6 is 0 Å². The molecular formula is C21H29N3O3S. The number of hydrogen-bond acceptors (Lipinski definition) is 4. The van der Waals surface area contributed by atoms with Gasteiger partial charge in [-0.3, -0.25) is 9.69 Å². The third kappa shape index (κ3) is 5.64. The Morgan fingerprint density at radius 2 is 1.68 bits per heavy atom. The Kier molecular flexibility index (Phi) is 8.17. The van der Waals surface area contributed by atoms with E-state index >= 15 is 0 Å². The summed E-state index contributed by atoms with van der Waals surface area (Å²) in [7, 11) is -3.60. The van der Waals surface area contributed by atoms with Crippen molar-refractivity contribution in [3.05, 3.63) is 65.7 Å². The first kappa shape index (κ1) is 22.1. The van der Waals surface area contributed by atoms with E-state index in [2.05, 4.69) is 40.9 Å². The van der Waals surface area contributed by atoms with Gasteiger partial charge in [-0.05, 0) is 36.9 Å². The van der Waals surface area contributed by atoms with Crippen molar-refractivity contribution in [2.75, 3.05) is 26.2 Å². The van der Waals surface area contributed by atoms with Crippen LogP contribution in [0.4, 0.5) is 0 Å². The molecule has 0 aliphatic carbocycles. The quantitative estimate of drug-likeness (QED) is 0.639. The first-order valence-electron chi connectivity index (χ1n) is 9.59. The van der Waals surface area contributed by atoms with Gasteiger partial charge in [-0.2, -0.15) is 0 Å². The largest absolute Gasteiger partial charge is 0.350 e. The second-order valence-corrected chi connectivity index (χ2v) is 8.15. The van der Waals surface area contributed by atoms with E-state index in [4.69, 9.17) is 0 Å². The highest BCUT2D eigenvalue weighted by Crippen LogP contribution is 2.20. The molecule has 1 atom stereocenters. The van der Waals surface area contributed by atoms with Gasteiger partial charge in [-0.1, -0.05) is 57.2 Å². The van der Waals surface area contributed by atoms with Crippen molar-refractivity contribution in [2.45, 2.75) is 31.7 Å². The molecule has 6 nitrogen and oxygen atoms in total. The third-order valence-electron chi connectivity index (χ3n) is 4.63. The highest BCUT2D eigenvalue weighted by atomic mass is 32.2. The Morgan fingerprint density at radius 3 is 2.29 bits per heavy atom. The number of amides is 1. The lowest BCUT2D eigenvalue weighted by Crippen LogP contribution is -2.38. The van der Waals surface area contributed by atoms with E-state index in [1.165, 1.54) is 12.1 Å². The molecule has 2 rings (SSSR count). The van der Waals surface area contributed by atoms with E-state index in [1.54, 1.807) is 19.1 Å². The number of sulfonamides is 1. The summed E-state index contributed by atoms with van der Waals surface area (Å²) in [6, 6.07) is 16.2. The minimum atomic E-state index is -3.60. The normalized spacial score (nSPS) is 12.7. The molecule has 0 radical (unpaired) electrons. The number of likely N-dealkylation sites (N-methyl/N-ethyl adjacent to an activating group) is 1. The second-order valence-electron chi connectivity index (χ2n) is 6.39. The monoisotopic (exact) mass is 403 g/mol. The molecule has 2 N–H and O–H groups in total. The van der Waals surface area contributed by atoms with Crippen molar-refractivity contribution in [1.29, 1.82) is 0 Å². The van der Waals surface area contributed by atoms with Crippen LogP contribution in [-0.2, 0) is 10.0 Å². The molecule has 28 heavy (non-hydrogen) atoms. The predicted octanol–water partition coefficient (Wildman–Crippen LogP) is 2.80. The van der Waals surface area contributed by atoms with Crippen LogP contribution in [-0.4, -0.2) is 45.4 Å². The standard InChI is InChI=1S/C21H29N3O3S/c1-4-23-28(26,27)19-14-10-13-18(15-19)21(25)22-16-20(24(5-2)6-3)17-11-8-7-9-12-17/h7-15,20,23H,4-6,16H2,1-3H3,(H,22,25). The summed E-state index contributed by atoms with van der Waals surface area (Å²) in [5.74, 6) is -0.290. The Bertz CT molecular complexity index is 865. The number of carbonyl (C=O) groups is 1. The predicted molar refractivity (Wildman–Crippen MR) is 112 cm³/mol. The first-order chi connectivity index (χ1) is 13.4. The molecule has 0 saturated carbocycles. The van der Waals surface area contributed by atoms with Crippen LogP contribution in [0.2, 0.25) is 0 Å². The molecule has 0 heterocycles. The van der Waals surface area contributed by atoms with Crippen molar-refractivity contribution in [3.8, 4) is 0 Å². The van der Waals surface area contributed by atoms with E-state index in [-0.39, 0.29) is 16.8 Å². The van der Waals surface area contributed by atoms with Crippen LogP contribution in [0, 0.1) is 0 Å². The van der Waals surface area contributed by atoms with Crippen LogP contribution in [0.15, 0.2) is 59.5 Å². The van der Waals surface area contributed by atoms with Gasteiger partial charge in [0.05, 0.1) is 10.9 Å². The van der Waals surface area contributed by atoms with E-state index < -0.39 is 10.0 Å². The molecule has 152 valence electrons. The van der Waals surface area contributed by atoms with Gasteiger partial charge in [-0.25, -0.2) is 13.1 Å². The average molecular weight is 404 g/mol. The highest BCUT2D eigenvalue weighted by molar-refractivity contribution is 7.89. The van der Waals surface area contributed by atoms with Crippen molar-refractivity contribution in [3.63, 3.8) is 0 Å². The van der Waals surface area contributed by atoms with Crippen LogP contribution in [0.25, 0.3) is 0 Å². The molecule has 0 aliphatic heterocycles. The van der Waals surface area contributed by atoms with E-state index in [0.717, 1.165) is 18.7 Å². The Labute approximate surface area is 168 Å². The van der Waals surface area contributed by atoms with Gasteiger partial charge in [0.2, 0.25) is 10.0 Å². The zero-order valence-electron chi connectivity index (χ0n) is 16.7. The van der Waals surface area contributed by atoms with Crippen molar-refractivity contribution < 1.29 is 13.2 Å². The summed E-state index contributed by atoms with van der Waals surface area (Å²) in [4.78, 5) is 15.0. The summed E-state index contributed by atoms with van der Waals surface area (Å²) in [5, 5.41) is 2.96. The maximum absolute atomic E-state index is 12.7. The highest BCUT2D eigenvalue weighted by Gasteiger charge is 2.20. The summed E-state index contributed by atoms with van der Waals surface area (Å²) in [6.45, 7) is 8.36. The van der Waals surface area contributed by atoms with Crippen LogP contribution < -0.4 is 10.0 Å². The second kappa shape index (κ2) is 10.4. The van der Waals surface area contributed by atoms with Gasteiger partial charge in [0.1, 0.15) is 0 Å². The lowest BCUT2D eigenvalue weighted by atomic mass is 10.0. The topological polar surface area (TPSA) is 78.5 Å². The molecule has 0 aliphatic rings. The van der Waals surface area contributed by atoms with Crippen LogP contribution in [0.3, 0.4) is 0 Å². The summed E-state index contributed by atoms with van der Waals surface area (Å²) in [5.41, 5.74) is 1.46. The molecule has 1 amide bonds. The number of nitrogens with one attached hydrogen (secondary N) is 2. The number of rotatable bonds is 10. The molecule has 0 saturated heterocycles. The van der Waals surface area contributed by atoms with Crippen molar-refractivity contribution in [2.24, 2.45) is 0 Å². The molecule has 2 aromatic carbocycles. The molecule has 1 unspecified atom stereocenters. The van der Waals surface area contributed by atoms with Gasteiger partial charge in [-0.15, -0.1) is 0 Å². The third-order valence-corrected chi connectivity index (χ3v) is 6.18. The summed E-state index contributed by atoms with van der Waals surface area (Å²) >= 11 is 0. The van der Waals surface area contributed by atoms with Gasteiger partial charge in [0.25, 0.3) is 5.91 Å². The molecule has 2 aromatic rings. The maximum atomic E-state index is 12.7. The minimum absolute atomic E-state index is 0.0498. The lowest BCUT2D eigenvalue weighted by molar-refractivity contribution is 0.0934. The van der Waals surface area contributed by atoms with Gasteiger partial charge < -0.3 is 5.32 Å². The molecular weight excluding hydrogens is 374 g/mol. The average Bonchev–Trinajstić information content (AvgIpc) is 2.71. The van der Waals surface area contributed by atoms with Gasteiger partial charge >= 0.3 is 0 Å². The fourth-order valence-corrected chi connectivity index (χ4v) is 4.25. The summed E-state index contributed by atoms with van der Waals surface area (Å²) < 4.78 is 26.8. The van der Waals surface area contributed by atoms with Crippen LogP contribution in [0.5, 0.6) is 0 Å². The van der Waals surface area contributed by atoms with Crippen molar-refractivity contribution in [1.82, 2.24) is 14.9 Å². The number of carbonyl (C=O) groups excluding carboxylic acids is 1. The Hall–Kier alpha value is -2.22. The lowest BCUT2D eigenvalue weighted by Gasteiger charge is -2.30. The Balaban J connectivity index is 2.17. The molecule has 0 fully saturated rings. The maximum Gasteiger partial charge on any atom is 0.251 e. The van der Waals surface area contributed by atoms with Crippen molar-refractivity contribution >= 4 is 15.9 Å². The minimum Gasteiger partial charge on any atom is -0.350 e. The number of nitrogens with zero attached hydrogens (tertiary/aromatic N) is 1. The molecule has 0 aromatic heterocycles. The van der Waals surface area contributed by atoms with Gasteiger partial charge in [0, 0.05) is 18.7 Å². The van der Waals surface area contributed by atoms with E-state index in [0.29, 0.717) is 18.7 Å². The summed E-state index contributed by atoms with van der Waals surface area (Å²) in [6.07, 6.45) is 0. The molecule has 7 heteroatoms. The molecule has 0 spiro atoms. The SMILES string of the molecule is CCNS(=O)(=O)c1cccc(C(=O)NCC(c2ccccc2)N(CC)CC)c1. The fourth-order valence-electron chi connectivity index (χ4n) is 3.17. The zero-order valence-corrected chi connectivity index (χ0v) is 17.5. The zero-order chi connectivity index (χ0) is 20.6. The number of benzene rings is 2. The van der Waals surface area contributed by atoms with Crippen LogP contribution in [0.1, 0.15) is 42.7 Å². The first-order valence-corrected chi connectivity index (χ1v) is 11.1.